The number of allylic oxidation sites excluding steroid dienone is 1. The van der Waals surface area contributed by atoms with Gasteiger partial charge in [0.15, 0.2) is 0 Å². The lowest BCUT2D eigenvalue weighted by atomic mass is 9.81. The molecule has 18 heavy (non-hydrogen) atoms. The minimum absolute atomic E-state index is 0.592. The highest BCUT2D eigenvalue weighted by atomic mass is 15.1. The maximum absolute atomic E-state index is 2.59. The van der Waals surface area contributed by atoms with Gasteiger partial charge in [-0.1, -0.05) is 52.2 Å². The van der Waals surface area contributed by atoms with E-state index < -0.39 is 0 Å². The molecule has 0 aromatic heterocycles. The molecule has 0 bridgehead atoms. The van der Waals surface area contributed by atoms with E-state index in [4.69, 9.17) is 0 Å². The van der Waals surface area contributed by atoms with Crippen molar-refractivity contribution in [2.75, 3.05) is 19.6 Å². The molecule has 1 aliphatic heterocycles. The van der Waals surface area contributed by atoms with Gasteiger partial charge in [0.05, 0.1) is 0 Å². The van der Waals surface area contributed by atoms with Crippen LogP contribution in [-0.2, 0) is 0 Å². The van der Waals surface area contributed by atoms with Crippen LogP contribution in [0.4, 0.5) is 0 Å². The molecular weight excluding hydrogens is 218 g/mol. The Balaban J connectivity index is 0.000000771. The van der Waals surface area contributed by atoms with E-state index in [-0.39, 0.29) is 0 Å². The summed E-state index contributed by atoms with van der Waals surface area (Å²) < 4.78 is 0. The van der Waals surface area contributed by atoms with E-state index in [1.165, 1.54) is 71.0 Å². The number of nitrogens with zero attached hydrogens (tertiary/aromatic N) is 1. The van der Waals surface area contributed by atoms with Crippen molar-refractivity contribution in [1.29, 1.82) is 0 Å². The van der Waals surface area contributed by atoms with Crippen molar-refractivity contribution in [2.24, 2.45) is 5.41 Å². The Morgan fingerprint density at radius 1 is 1.00 bits per heavy atom. The van der Waals surface area contributed by atoms with Gasteiger partial charge >= 0.3 is 0 Å². The summed E-state index contributed by atoms with van der Waals surface area (Å²) in [6.45, 7) is 10.2. The normalized spacial score (nSPS) is 23.3. The molecule has 0 aromatic carbocycles. The molecular formula is C17H33N. The Morgan fingerprint density at radius 3 is 2.17 bits per heavy atom. The van der Waals surface area contributed by atoms with Crippen molar-refractivity contribution in [3.05, 3.63) is 12.2 Å². The Hall–Kier alpha value is -0.300. The topological polar surface area (TPSA) is 3.24 Å². The second-order valence-electron chi connectivity index (χ2n) is 5.73. The van der Waals surface area contributed by atoms with E-state index in [9.17, 15) is 0 Å². The highest BCUT2D eigenvalue weighted by Gasteiger charge is 2.29. The number of likely N-dealkylation sites (tertiary alicyclic amines) is 1. The van der Waals surface area contributed by atoms with Crippen molar-refractivity contribution in [1.82, 2.24) is 4.90 Å². The molecule has 2 aliphatic rings. The summed E-state index contributed by atoms with van der Waals surface area (Å²) in [5, 5.41) is 0. The molecule has 1 heterocycles. The second-order valence-corrected chi connectivity index (χ2v) is 5.73. The lowest BCUT2D eigenvalue weighted by Gasteiger charge is -2.24. The maximum Gasteiger partial charge on any atom is 0.0163 e. The third-order valence-corrected chi connectivity index (χ3v) is 4.38. The van der Waals surface area contributed by atoms with Gasteiger partial charge in [-0.25, -0.2) is 0 Å². The van der Waals surface area contributed by atoms with Crippen LogP contribution in [0.25, 0.3) is 0 Å². The number of hydrogen-bond donors (Lipinski definition) is 0. The van der Waals surface area contributed by atoms with Gasteiger partial charge in [0.25, 0.3) is 0 Å². The smallest absolute Gasteiger partial charge is 0.0163 e. The zero-order chi connectivity index (χ0) is 13.3. The van der Waals surface area contributed by atoms with Gasteiger partial charge in [-0.05, 0) is 50.6 Å². The van der Waals surface area contributed by atoms with Crippen LogP contribution in [0.3, 0.4) is 0 Å². The maximum atomic E-state index is 2.59. The van der Waals surface area contributed by atoms with Crippen LogP contribution in [0.15, 0.2) is 12.2 Å². The molecule has 1 nitrogen and oxygen atoms in total. The molecule has 1 aliphatic carbocycles. The fraction of sp³-hybridized carbons (Fsp3) is 0.882. The molecule has 0 N–H and O–H groups in total. The van der Waals surface area contributed by atoms with Crippen LogP contribution in [0.2, 0.25) is 0 Å². The zero-order valence-electron chi connectivity index (χ0n) is 12.9. The van der Waals surface area contributed by atoms with E-state index in [0.717, 1.165) is 0 Å². The largest absolute Gasteiger partial charge is 0.300 e. The van der Waals surface area contributed by atoms with Crippen LogP contribution >= 0.6 is 0 Å². The van der Waals surface area contributed by atoms with Crippen molar-refractivity contribution < 1.29 is 0 Å². The lowest BCUT2D eigenvalue weighted by molar-refractivity contribution is 0.348. The van der Waals surface area contributed by atoms with E-state index in [1.807, 2.05) is 13.8 Å². The Labute approximate surface area is 115 Å². The van der Waals surface area contributed by atoms with Gasteiger partial charge in [-0.15, -0.1) is 0 Å². The van der Waals surface area contributed by atoms with Crippen LogP contribution in [0.1, 0.15) is 72.1 Å². The zero-order valence-corrected chi connectivity index (χ0v) is 12.9. The molecule has 0 amide bonds. The summed E-state index contributed by atoms with van der Waals surface area (Å²) in [6, 6.07) is 0. The van der Waals surface area contributed by atoms with Gasteiger partial charge in [-0.3, -0.25) is 4.90 Å². The average Bonchev–Trinajstić information content (AvgIpc) is 3.05. The van der Waals surface area contributed by atoms with Gasteiger partial charge in [-0.2, -0.15) is 0 Å². The first-order valence-corrected chi connectivity index (χ1v) is 8.25. The van der Waals surface area contributed by atoms with E-state index in [1.54, 1.807) is 0 Å². The summed E-state index contributed by atoms with van der Waals surface area (Å²) in [7, 11) is 0. The monoisotopic (exact) mass is 251 g/mol. The lowest BCUT2D eigenvalue weighted by Crippen LogP contribution is -2.20. The van der Waals surface area contributed by atoms with Crippen molar-refractivity contribution in [2.45, 2.75) is 72.1 Å². The molecule has 0 unspecified atom stereocenters. The fourth-order valence-electron chi connectivity index (χ4n) is 3.49. The molecule has 0 aromatic rings. The molecule has 0 atom stereocenters. The van der Waals surface area contributed by atoms with Gasteiger partial charge in [0, 0.05) is 6.54 Å². The predicted octanol–water partition coefficient (Wildman–Crippen LogP) is 5.03. The number of hydrogen-bond acceptors (Lipinski definition) is 1. The second kappa shape index (κ2) is 8.74. The van der Waals surface area contributed by atoms with Gasteiger partial charge < -0.3 is 0 Å². The minimum Gasteiger partial charge on any atom is -0.300 e. The third-order valence-electron chi connectivity index (χ3n) is 4.38. The SMILES string of the molecule is CC.CCCC1(/C=C/CN2CCCC2)CCCC1. The number of rotatable bonds is 5. The first-order chi connectivity index (χ1) is 8.85. The van der Waals surface area contributed by atoms with Crippen LogP contribution in [0.5, 0.6) is 0 Å². The van der Waals surface area contributed by atoms with Crippen LogP contribution < -0.4 is 0 Å². The average molecular weight is 251 g/mol. The Kier molecular flexibility index (Phi) is 7.65. The Morgan fingerprint density at radius 2 is 1.61 bits per heavy atom. The highest BCUT2D eigenvalue weighted by molar-refractivity contribution is 5.03. The van der Waals surface area contributed by atoms with E-state index in [2.05, 4.69) is 24.0 Å². The minimum atomic E-state index is 0.592. The summed E-state index contributed by atoms with van der Waals surface area (Å²) in [4.78, 5) is 2.59. The molecule has 1 saturated heterocycles. The fourth-order valence-corrected chi connectivity index (χ4v) is 3.49. The first kappa shape index (κ1) is 15.8. The van der Waals surface area contributed by atoms with Crippen molar-refractivity contribution in [3.63, 3.8) is 0 Å². The van der Waals surface area contributed by atoms with Gasteiger partial charge in [0.1, 0.15) is 0 Å². The molecule has 0 spiro atoms. The molecule has 1 saturated carbocycles. The molecule has 2 fully saturated rings. The van der Waals surface area contributed by atoms with E-state index >= 15 is 0 Å². The van der Waals surface area contributed by atoms with Crippen molar-refractivity contribution in [3.8, 4) is 0 Å². The van der Waals surface area contributed by atoms with Gasteiger partial charge in [0.2, 0.25) is 0 Å². The van der Waals surface area contributed by atoms with Crippen molar-refractivity contribution >= 4 is 0 Å². The molecule has 106 valence electrons. The standard InChI is InChI=1S/C15H27N.C2H6/c1-2-8-15(9-3-4-10-15)11-7-14-16-12-5-6-13-16;1-2/h7,11H,2-6,8-10,12-14H2,1H3;1-2H3/b11-7+;. The summed E-state index contributed by atoms with van der Waals surface area (Å²) in [6.07, 6.45) is 16.4. The summed E-state index contributed by atoms with van der Waals surface area (Å²) >= 11 is 0. The van der Waals surface area contributed by atoms with E-state index in [0.29, 0.717) is 5.41 Å². The molecule has 1 heteroatoms. The highest BCUT2D eigenvalue weighted by Crippen LogP contribution is 2.43. The quantitative estimate of drug-likeness (QED) is 0.620. The summed E-state index contributed by atoms with van der Waals surface area (Å²) in [5.74, 6) is 0. The predicted molar refractivity (Wildman–Crippen MR) is 82.0 cm³/mol. The molecule has 2 rings (SSSR count). The molecule has 0 radical (unpaired) electrons. The van der Waals surface area contributed by atoms with Crippen LogP contribution in [-0.4, -0.2) is 24.5 Å². The van der Waals surface area contributed by atoms with Crippen LogP contribution in [0, 0.1) is 5.41 Å². The third kappa shape index (κ3) is 4.76. The first-order valence-electron chi connectivity index (χ1n) is 8.25. The summed E-state index contributed by atoms with van der Waals surface area (Å²) in [5.41, 5.74) is 0.592. The Bertz CT molecular complexity index is 220.